The Morgan fingerprint density at radius 2 is 1.80 bits per heavy atom. The molecule has 188 valence electrons. The maximum atomic E-state index is 13.4. The predicted octanol–water partition coefficient (Wildman–Crippen LogP) is 3.12. The van der Waals surface area contributed by atoms with Gasteiger partial charge in [0.05, 0.1) is 5.75 Å². The Morgan fingerprint density at radius 1 is 1.09 bits per heavy atom. The van der Waals surface area contributed by atoms with Gasteiger partial charge in [-0.2, -0.15) is 0 Å². The summed E-state index contributed by atoms with van der Waals surface area (Å²) < 4.78 is 3.22. The Balaban J connectivity index is 1.90. The third-order valence-corrected chi connectivity index (χ3v) is 6.55. The molecule has 0 aliphatic heterocycles. The van der Waals surface area contributed by atoms with E-state index in [1.54, 1.807) is 0 Å². The molecule has 35 heavy (non-hydrogen) atoms. The Morgan fingerprint density at radius 3 is 2.49 bits per heavy atom. The van der Waals surface area contributed by atoms with Gasteiger partial charge in [0.15, 0.2) is 10.8 Å². The van der Waals surface area contributed by atoms with Gasteiger partial charge in [0.1, 0.15) is 11.6 Å². The van der Waals surface area contributed by atoms with E-state index in [1.807, 2.05) is 48.7 Å². The number of anilines is 2. The van der Waals surface area contributed by atoms with Crippen LogP contribution in [0.25, 0.3) is 5.69 Å². The van der Waals surface area contributed by atoms with Gasteiger partial charge in [-0.05, 0) is 31.9 Å². The molecule has 0 spiro atoms. The fraction of sp³-hybridized carbons (Fsp3) is 0.458. The van der Waals surface area contributed by atoms with Crippen molar-refractivity contribution >= 4 is 29.2 Å². The molecular weight excluding hydrogens is 466 g/mol. The van der Waals surface area contributed by atoms with Gasteiger partial charge in [0.2, 0.25) is 5.91 Å². The van der Waals surface area contributed by atoms with Crippen molar-refractivity contribution in [2.24, 2.45) is 0 Å². The van der Waals surface area contributed by atoms with Crippen LogP contribution >= 0.6 is 11.8 Å². The number of nitrogens with zero attached hydrogens (tertiary/aromatic N) is 5. The SMILES string of the molecule is CCCCCN(C(=O)CSc1nnc(C)n1-c1ccccc1)c1c(N)n(CCCC)c(=O)[nH]c1=O. The average molecular weight is 500 g/mol. The molecule has 2 heterocycles. The number of thioether (sulfide) groups is 1. The van der Waals surface area contributed by atoms with Crippen molar-refractivity contribution in [2.45, 2.75) is 64.6 Å². The molecule has 3 rings (SSSR count). The lowest BCUT2D eigenvalue weighted by molar-refractivity contribution is -0.116. The van der Waals surface area contributed by atoms with Crippen LogP contribution in [0.2, 0.25) is 0 Å². The number of para-hydroxylation sites is 1. The molecule has 3 N–H and O–H groups in total. The van der Waals surface area contributed by atoms with Gasteiger partial charge in [-0.15, -0.1) is 10.2 Å². The summed E-state index contributed by atoms with van der Waals surface area (Å²) in [5, 5.41) is 8.97. The molecule has 0 fully saturated rings. The zero-order valence-electron chi connectivity index (χ0n) is 20.5. The van der Waals surface area contributed by atoms with Crippen LogP contribution in [0, 0.1) is 6.92 Å². The van der Waals surface area contributed by atoms with Crippen LogP contribution in [0.3, 0.4) is 0 Å². The number of benzene rings is 1. The number of amides is 1. The molecule has 1 amide bonds. The standard InChI is InChI=1S/C24H33N7O3S/c1-4-6-11-15-29(20-21(25)30(14-7-5-2)23(34)26-22(20)33)19(32)16-35-24-28-27-17(3)31(24)18-12-9-8-10-13-18/h8-10,12-13H,4-7,11,14-16,25H2,1-3H3,(H,26,33,34). The molecule has 1 aromatic carbocycles. The normalized spacial score (nSPS) is 11.1. The molecule has 0 saturated carbocycles. The summed E-state index contributed by atoms with van der Waals surface area (Å²) in [5.74, 6) is 0.466. The van der Waals surface area contributed by atoms with Crippen LogP contribution in [0.4, 0.5) is 11.5 Å². The van der Waals surface area contributed by atoms with E-state index in [2.05, 4.69) is 22.1 Å². The summed E-state index contributed by atoms with van der Waals surface area (Å²) in [6.07, 6.45) is 4.14. The number of nitrogens with two attached hydrogens (primary N) is 1. The molecule has 0 bridgehead atoms. The molecule has 0 radical (unpaired) electrons. The highest BCUT2D eigenvalue weighted by atomic mass is 32.2. The van der Waals surface area contributed by atoms with Crippen LogP contribution in [0.15, 0.2) is 45.1 Å². The fourth-order valence-electron chi connectivity index (χ4n) is 3.77. The van der Waals surface area contributed by atoms with Crippen LogP contribution < -0.4 is 21.9 Å². The second kappa shape index (κ2) is 12.4. The molecule has 11 heteroatoms. The van der Waals surface area contributed by atoms with Gasteiger partial charge in [-0.25, -0.2) is 4.79 Å². The third-order valence-electron chi connectivity index (χ3n) is 5.64. The number of nitrogen functional groups attached to an aromatic ring is 1. The van der Waals surface area contributed by atoms with Crippen molar-refractivity contribution in [3.05, 3.63) is 57.0 Å². The maximum absolute atomic E-state index is 13.4. The number of nitrogens with one attached hydrogen (secondary N) is 1. The number of aromatic nitrogens is 5. The van der Waals surface area contributed by atoms with Gasteiger partial charge >= 0.3 is 5.69 Å². The van der Waals surface area contributed by atoms with E-state index in [4.69, 9.17) is 5.73 Å². The first-order chi connectivity index (χ1) is 16.9. The minimum absolute atomic E-state index is 0.0188. The van der Waals surface area contributed by atoms with Gasteiger partial charge in [0, 0.05) is 18.8 Å². The van der Waals surface area contributed by atoms with Crippen LogP contribution in [-0.2, 0) is 11.3 Å². The zero-order chi connectivity index (χ0) is 25.4. The van der Waals surface area contributed by atoms with E-state index in [1.165, 1.54) is 21.2 Å². The van der Waals surface area contributed by atoms with Crippen molar-refractivity contribution in [2.75, 3.05) is 22.9 Å². The summed E-state index contributed by atoms with van der Waals surface area (Å²) in [5.41, 5.74) is 6.00. The van der Waals surface area contributed by atoms with E-state index < -0.39 is 11.2 Å². The van der Waals surface area contributed by atoms with Crippen LogP contribution in [0.1, 0.15) is 51.8 Å². The Hall–Kier alpha value is -3.34. The number of carbonyl (C=O) groups is 1. The number of rotatable bonds is 12. The van der Waals surface area contributed by atoms with Gasteiger partial charge in [-0.1, -0.05) is 63.1 Å². The van der Waals surface area contributed by atoms with E-state index in [0.717, 1.165) is 31.4 Å². The van der Waals surface area contributed by atoms with E-state index in [9.17, 15) is 14.4 Å². The largest absolute Gasteiger partial charge is 0.383 e. The summed E-state index contributed by atoms with van der Waals surface area (Å²) in [7, 11) is 0. The number of aromatic amines is 1. The van der Waals surface area contributed by atoms with Crippen molar-refractivity contribution in [1.82, 2.24) is 24.3 Å². The quantitative estimate of drug-likeness (QED) is 0.289. The van der Waals surface area contributed by atoms with Crippen molar-refractivity contribution < 1.29 is 4.79 Å². The summed E-state index contributed by atoms with van der Waals surface area (Å²) >= 11 is 1.24. The highest BCUT2D eigenvalue weighted by Crippen LogP contribution is 2.24. The van der Waals surface area contributed by atoms with Gasteiger partial charge in [0.25, 0.3) is 5.56 Å². The second-order valence-electron chi connectivity index (χ2n) is 8.24. The first-order valence-corrected chi connectivity index (χ1v) is 12.9. The highest BCUT2D eigenvalue weighted by Gasteiger charge is 2.25. The Kier molecular flexibility index (Phi) is 9.30. The lowest BCUT2D eigenvalue weighted by Crippen LogP contribution is -2.42. The first kappa shape index (κ1) is 26.3. The molecule has 0 atom stereocenters. The minimum atomic E-state index is -0.654. The summed E-state index contributed by atoms with van der Waals surface area (Å²) in [6.45, 7) is 6.62. The smallest absolute Gasteiger partial charge is 0.330 e. The molecule has 3 aromatic rings. The van der Waals surface area contributed by atoms with E-state index in [0.29, 0.717) is 30.5 Å². The van der Waals surface area contributed by atoms with E-state index >= 15 is 0 Å². The number of hydrogen-bond acceptors (Lipinski definition) is 7. The molecule has 10 nitrogen and oxygen atoms in total. The Labute approximate surface area is 208 Å². The highest BCUT2D eigenvalue weighted by molar-refractivity contribution is 7.99. The summed E-state index contributed by atoms with van der Waals surface area (Å²) in [4.78, 5) is 42.3. The molecule has 0 aliphatic carbocycles. The monoisotopic (exact) mass is 499 g/mol. The van der Waals surface area contributed by atoms with Crippen molar-refractivity contribution in [3.8, 4) is 5.69 Å². The zero-order valence-corrected chi connectivity index (χ0v) is 21.3. The van der Waals surface area contributed by atoms with Crippen molar-refractivity contribution in [1.29, 1.82) is 0 Å². The number of H-pyrrole nitrogens is 1. The van der Waals surface area contributed by atoms with Crippen LogP contribution in [-0.4, -0.2) is 42.5 Å². The first-order valence-electron chi connectivity index (χ1n) is 11.9. The predicted molar refractivity (Wildman–Crippen MR) is 139 cm³/mol. The average Bonchev–Trinajstić information content (AvgIpc) is 3.22. The number of carbonyl (C=O) groups excluding carboxylic acids is 1. The Bertz CT molecular complexity index is 1250. The molecule has 0 saturated heterocycles. The topological polar surface area (TPSA) is 132 Å². The molecule has 2 aromatic heterocycles. The fourth-order valence-corrected chi connectivity index (χ4v) is 4.65. The van der Waals surface area contributed by atoms with Crippen molar-refractivity contribution in [3.63, 3.8) is 0 Å². The second-order valence-corrected chi connectivity index (χ2v) is 9.18. The molecule has 0 unspecified atom stereocenters. The third kappa shape index (κ3) is 6.21. The maximum Gasteiger partial charge on any atom is 0.330 e. The molecular formula is C24H33N7O3S. The lowest BCUT2D eigenvalue weighted by Gasteiger charge is -2.24. The summed E-state index contributed by atoms with van der Waals surface area (Å²) in [6, 6.07) is 9.66. The van der Waals surface area contributed by atoms with Crippen LogP contribution in [0.5, 0.6) is 0 Å². The lowest BCUT2D eigenvalue weighted by atomic mass is 10.2. The van der Waals surface area contributed by atoms with E-state index in [-0.39, 0.29) is 23.2 Å². The van der Waals surface area contributed by atoms with Gasteiger partial charge < -0.3 is 10.6 Å². The van der Waals surface area contributed by atoms with Gasteiger partial charge in [-0.3, -0.25) is 23.7 Å². The molecule has 0 aliphatic rings. The number of aryl methyl sites for hydroxylation is 1. The number of hydrogen-bond donors (Lipinski definition) is 2. The minimum Gasteiger partial charge on any atom is -0.383 e. The number of unbranched alkanes of at least 4 members (excludes halogenated alkanes) is 3.